The zero-order chi connectivity index (χ0) is 20.4. The number of aryl methyl sites for hydroxylation is 1. The third-order valence-corrected chi connectivity index (χ3v) is 5.44. The maximum atomic E-state index is 12.5. The number of amides is 3. The Hall–Kier alpha value is -3.00. The number of aromatic nitrogens is 1. The van der Waals surface area contributed by atoms with Crippen molar-refractivity contribution in [1.82, 2.24) is 19.9 Å². The van der Waals surface area contributed by atoms with Crippen molar-refractivity contribution >= 4 is 17.7 Å². The minimum atomic E-state index is -0.269. The van der Waals surface area contributed by atoms with Gasteiger partial charge in [-0.1, -0.05) is 17.3 Å². The van der Waals surface area contributed by atoms with Crippen molar-refractivity contribution in [2.24, 2.45) is 0 Å². The standard InChI is InChI=1S/C21H24N4O4/c1-15-13-16(22-29-15)14-23-9-11-24(12-10-23)19(26)7-4-8-25-20(27)17-5-2-3-6-18(17)21(25)28/h2-3,5-6,13H,4,7-12,14H2,1H3. The van der Waals surface area contributed by atoms with Gasteiger partial charge in [0.1, 0.15) is 5.76 Å². The maximum Gasteiger partial charge on any atom is 0.261 e. The van der Waals surface area contributed by atoms with Crippen LogP contribution in [0, 0.1) is 6.92 Å². The Morgan fingerprint density at radius 2 is 1.72 bits per heavy atom. The van der Waals surface area contributed by atoms with Crippen LogP contribution in [-0.2, 0) is 11.3 Å². The van der Waals surface area contributed by atoms with E-state index in [0.29, 0.717) is 37.1 Å². The zero-order valence-corrected chi connectivity index (χ0v) is 16.5. The molecule has 2 aliphatic rings. The van der Waals surface area contributed by atoms with Gasteiger partial charge in [-0.3, -0.25) is 24.2 Å². The minimum Gasteiger partial charge on any atom is -0.361 e. The molecule has 2 aromatic rings. The molecule has 1 fully saturated rings. The van der Waals surface area contributed by atoms with E-state index in [1.165, 1.54) is 4.90 Å². The van der Waals surface area contributed by atoms with Crippen LogP contribution >= 0.6 is 0 Å². The van der Waals surface area contributed by atoms with Crippen molar-refractivity contribution in [3.05, 3.63) is 52.9 Å². The molecule has 0 atom stereocenters. The van der Waals surface area contributed by atoms with Gasteiger partial charge >= 0.3 is 0 Å². The summed E-state index contributed by atoms with van der Waals surface area (Å²) in [6.07, 6.45) is 0.804. The largest absolute Gasteiger partial charge is 0.361 e. The Kier molecular flexibility index (Phi) is 5.44. The average Bonchev–Trinajstić information content (AvgIpc) is 3.24. The number of fused-ring (bicyclic) bond motifs is 1. The lowest BCUT2D eigenvalue weighted by Crippen LogP contribution is -2.48. The highest BCUT2D eigenvalue weighted by molar-refractivity contribution is 6.21. The second-order valence-corrected chi connectivity index (χ2v) is 7.50. The molecule has 0 radical (unpaired) electrons. The van der Waals surface area contributed by atoms with Gasteiger partial charge in [-0.2, -0.15) is 0 Å². The van der Waals surface area contributed by atoms with E-state index in [9.17, 15) is 14.4 Å². The third kappa shape index (κ3) is 4.07. The summed E-state index contributed by atoms with van der Waals surface area (Å²) in [4.78, 5) is 42.6. The van der Waals surface area contributed by atoms with Gasteiger partial charge in [0.25, 0.3) is 11.8 Å². The number of carbonyl (C=O) groups is 3. The second-order valence-electron chi connectivity index (χ2n) is 7.50. The van der Waals surface area contributed by atoms with Gasteiger partial charge in [0.15, 0.2) is 0 Å². The maximum absolute atomic E-state index is 12.5. The second kappa shape index (κ2) is 8.16. The number of benzene rings is 1. The van der Waals surface area contributed by atoms with Crippen molar-refractivity contribution in [1.29, 1.82) is 0 Å². The van der Waals surface area contributed by atoms with Crippen LogP contribution in [0.4, 0.5) is 0 Å². The fourth-order valence-electron chi connectivity index (χ4n) is 3.87. The van der Waals surface area contributed by atoms with E-state index in [0.717, 1.165) is 31.1 Å². The van der Waals surface area contributed by atoms with E-state index < -0.39 is 0 Å². The molecule has 1 aromatic heterocycles. The molecule has 1 aromatic carbocycles. The fraction of sp³-hybridized carbons (Fsp3) is 0.429. The zero-order valence-electron chi connectivity index (χ0n) is 16.5. The van der Waals surface area contributed by atoms with Crippen molar-refractivity contribution in [3.8, 4) is 0 Å². The van der Waals surface area contributed by atoms with Crippen molar-refractivity contribution in [2.75, 3.05) is 32.7 Å². The lowest BCUT2D eigenvalue weighted by atomic mass is 10.1. The molecule has 1 saturated heterocycles. The summed E-state index contributed by atoms with van der Waals surface area (Å²) in [7, 11) is 0. The fourth-order valence-corrected chi connectivity index (χ4v) is 3.87. The van der Waals surface area contributed by atoms with Gasteiger partial charge in [0.2, 0.25) is 5.91 Å². The molecule has 2 aliphatic heterocycles. The van der Waals surface area contributed by atoms with Gasteiger partial charge in [0.05, 0.1) is 16.8 Å². The predicted octanol–water partition coefficient (Wildman–Crippen LogP) is 1.70. The number of piperazine rings is 1. The van der Waals surface area contributed by atoms with E-state index in [-0.39, 0.29) is 24.3 Å². The van der Waals surface area contributed by atoms with Crippen LogP contribution in [0.3, 0.4) is 0 Å². The molecule has 4 rings (SSSR count). The van der Waals surface area contributed by atoms with Crippen LogP contribution in [0.1, 0.15) is 45.0 Å². The van der Waals surface area contributed by atoms with Gasteiger partial charge in [-0.25, -0.2) is 0 Å². The van der Waals surface area contributed by atoms with Gasteiger partial charge in [-0.05, 0) is 25.5 Å². The summed E-state index contributed by atoms with van der Waals surface area (Å²) in [5, 5.41) is 4.01. The van der Waals surface area contributed by atoms with E-state index in [1.807, 2.05) is 17.9 Å². The summed E-state index contributed by atoms with van der Waals surface area (Å²) in [6.45, 7) is 5.77. The number of carbonyl (C=O) groups excluding carboxylic acids is 3. The molecular formula is C21H24N4O4. The number of rotatable bonds is 6. The summed E-state index contributed by atoms with van der Waals surface area (Å²) in [5.74, 6) is 0.329. The molecule has 8 heteroatoms. The van der Waals surface area contributed by atoms with E-state index in [2.05, 4.69) is 10.1 Å². The highest BCUT2D eigenvalue weighted by atomic mass is 16.5. The Balaban J connectivity index is 1.21. The highest BCUT2D eigenvalue weighted by Gasteiger charge is 2.34. The van der Waals surface area contributed by atoms with Crippen LogP contribution in [0.15, 0.2) is 34.9 Å². The van der Waals surface area contributed by atoms with Gasteiger partial charge in [-0.15, -0.1) is 0 Å². The smallest absolute Gasteiger partial charge is 0.261 e. The van der Waals surface area contributed by atoms with E-state index >= 15 is 0 Å². The highest BCUT2D eigenvalue weighted by Crippen LogP contribution is 2.22. The molecule has 0 aliphatic carbocycles. The Morgan fingerprint density at radius 3 is 2.31 bits per heavy atom. The first-order chi connectivity index (χ1) is 14.0. The molecule has 0 bridgehead atoms. The first-order valence-electron chi connectivity index (χ1n) is 9.90. The van der Waals surface area contributed by atoms with Crippen LogP contribution in [0.25, 0.3) is 0 Å². The first kappa shape index (κ1) is 19.3. The monoisotopic (exact) mass is 396 g/mol. The quantitative estimate of drug-likeness (QED) is 0.691. The summed E-state index contributed by atoms with van der Waals surface area (Å²) in [5.41, 5.74) is 1.80. The molecule has 3 heterocycles. The Bertz CT molecular complexity index is 895. The average molecular weight is 396 g/mol. The molecule has 29 heavy (non-hydrogen) atoms. The number of nitrogens with zero attached hydrogens (tertiary/aromatic N) is 4. The van der Waals surface area contributed by atoms with Gasteiger partial charge < -0.3 is 9.42 Å². The molecule has 0 N–H and O–H groups in total. The number of imide groups is 1. The molecule has 0 saturated carbocycles. The Morgan fingerprint density at radius 1 is 1.07 bits per heavy atom. The van der Waals surface area contributed by atoms with Crippen LogP contribution in [-0.4, -0.2) is 70.3 Å². The van der Waals surface area contributed by atoms with Crippen molar-refractivity contribution in [3.63, 3.8) is 0 Å². The molecule has 152 valence electrons. The van der Waals surface area contributed by atoms with Crippen molar-refractivity contribution < 1.29 is 18.9 Å². The summed E-state index contributed by atoms with van der Waals surface area (Å²) in [6, 6.07) is 8.76. The number of hydrogen-bond acceptors (Lipinski definition) is 6. The predicted molar refractivity (Wildman–Crippen MR) is 104 cm³/mol. The lowest BCUT2D eigenvalue weighted by molar-refractivity contribution is -0.133. The van der Waals surface area contributed by atoms with Crippen LogP contribution in [0.5, 0.6) is 0 Å². The van der Waals surface area contributed by atoms with E-state index in [4.69, 9.17) is 4.52 Å². The lowest BCUT2D eigenvalue weighted by Gasteiger charge is -2.34. The first-order valence-corrected chi connectivity index (χ1v) is 9.90. The SMILES string of the molecule is Cc1cc(CN2CCN(C(=O)CCCN3C(=O)c4ccccc4C3=O)CC2)no1. The Labute approximate surface area is 169 Å². The van der Waals surface area contributed by atoms with E-state index in [1.54, 1.807) is 24.3 Å². The molecule has 0 spiro atoms. The summed E-state index contributed by atoms with van der Waals surface area (Å²) >= 11 is 0. The number of hydrogen-bond donors (Lipinski definition) is 0. The van der Waals surface area contributed by atoms with Gasteiger partial charge in [0, 0.05) is 51.8 Å². The summed E-state index contributed by atoms with van der Waals surface area (Å²) < 4.78 is 5.09. The van der Waals surface area contributed by atoms with Crippen molar-refractivity contribution in [2.45, 2.75) is 26.3 Å². The van der Waals surface area contributed by atoms with Crippen LogP contribution < -0.4 is 0 Å². The normalized spacial score (nSPS) is 17.1. The molecule has 3 amide bonds. The topological polar surface area (TPSA) is 87.0 Å². The van der Waals surface area contributed by atoms with Crippen LogP contribution in [0.2, 0.25) is 0 Å². The third-order valence-electron chi connectivity index (χ3n) is 5.44. The molecule has 0 unspecified atom stereocenters. The molecular weight excluding hydrogens is 372 g/mol. The minimum absolute atomic E-state index is 0.0681. The molecule has 8 nitrogen and oxygen atoms in total.